The Morgan fingerprint density at radius 3 is 2.73 bits per heavy atom. The van der Waals surface area contributed by atoms with Crippen molar-refractivity contribution in [2.45, 2.75) is 57.3 Å². The summed E-state index contributed by atoms with van der Waals surface area (Å²) in [6.07, 6.45) is 6.13. The van der Waals surface area contributed by atoms with Crippen molar-refractivity contribution in [3.63, 3.8) is 0 Å². The number of imidazole rings is 1. The molecule has 10 heteroatoms. The highest BCUT2D eigenvalue weighted by molar-refractivity contribution is 6.05. The van der Waals surface area contributed by atoms with Gasteiger partial charge in [-0.1, -0.05) is 0 Å². The summed E-state index contributed by atoms with van der Waals surface area (Å²) in [6, 6.07) is 2.66. The molecule has 0 aromatic carbocycles. The summed E-state index contributed by atoms with van der Waals surface area (Å²) in [7, 11) is 0. The molecule has 9 nitrogen and oxygen atoms in total. The maximum Gasteiger partial charge on any atom is 0.274 e. The molecule has 33 heavy (non-hydrogen) atoms. The third kappa shape index (κ3) is 4.35. The van der Waals surface area contributed by atoms with Gasteiger partial charge in [0.1, 0.15) is 17.4 Å². The van der Waals surface area contributed by atoms with Crippen molar-refractivity contribution in [1.82, 2.24) is 24.3 Å². The average molecular weight is 455 g/mol. The Balaban J connectivity index is 1.48. The number of amides is 1. The maximum atomic E-state index is 13.5. The second-order valence-corrected chi connectivity index (χ2v) is 8.93. The second kappa shape index (κ2) is 8.58. The van der Waals surface area contributed by atoms with Gasteiger partial charge in [-0.25, -0.2) is 9.37 Å². The van der Waals surface area contributed by atoms with E-state index in [1.165, 1.54) is 16.8 Å². The van der Waals surface area contributed by atoms with Crippen molar-refractivity contribution in [1.29, 1.82) is 0 Å². The molecular formula is C23H27FN6O3. The summed E-state index contributed by atoms with van der Waals surface area (Å²) >= 11 is 0. The van der Waals surface area contributed by atoms with E-state index < -0.39 is 23.7 Å². The van der Waals surface area contributed by atoms with Crippen LogP contribution in [-0.4, -0.2) is 50.2 Å². The van der Waals surface area contributed by atoms with E-state index in [1.807, 2.05) is 20.0 Å². The maximum absolute atomic E-state index is 13.5. The predicted octanol–water partition coefficient (Wildman–Crippen LogP) is 2.68. The Hall–Kier alpha value is -3.27. The van der Waals surface area contributed by atoms with Gasteiger partial charge in [-0.2, -0.15) is 4.98 Å². The summed E-state index contributed by atoms with van der Waals surface area (Å²) in [4.78, 5) is 35.1. The highest BCUT2D eigenvalue weighted by Gasteiger charge is 2.40. The molecule has 2 N–H and O–H groups in total. The van der Waals surface area contributed by atoms with Crippen LogP contribution in [0.5, 0.6) is 5.88 Å². The fraction of sp³-hybridized carbons (Fsp3) is 0.478. The van der Waals surface area contributed by atoms with Crippen molar-refractivity contribution in [2.24, 2.45) is 0 Å². The van der Waals surface area contributed by atoms with E-state index in [9.17, 15) is 14.0 Å². The normalized spacial score (nSPS) is 20.8. The topological polar surface area (TPSA) is 103 Å². The van der Waals surface area contributed by atoms with Crippen molar-refractivity contribution in [3.05, 3.63) is 52.3 Å². The molecule has 174 valence electrons. The van der Waals surface area contributed by atoms with Gasteiger partial charge in [-0.3, -0.25) is 14.0 Å². The highest BCUT2D eigenvalue weighted by atomic mass is 19.1. The first-order valence-electron chi connectivity index (χ1n) is 11.3. The number of ether oxygens (including phenoxy) is 1. The molecule has 3 aromatic heterocycles. The lowest BCUT2D eigenvalue weighted by atomic mass is 9.95. The van der Waals surface area contributed by atoms with Gasteiger partial charge in [0.05, 0.1) is 17.8 Å². The van der Waals surface area contributed by atoms with Crippen LogP contribution in [0.15, 0.2) is 35.5 Å². The number of carbonyl (C=O) groups excluding carboxylic acids is 1. The van der Waals surface area contributed by atoms with Crippen molar-refractivity contribution >= 4 is 17.4 Å². The molecule has 0 unspecified atom stereocenters. The van der Waals surface area contributed by atoms with Crippen LogP contribution in [0.3, 0.4) is 0 Å². The van der Waals surface area contributed by atoms with Gasteiger partial charge in [0.15, 0.2) is 0 Å². The predicted molar refractivity (Wildman–Crippen MR) is 121 cm³/mol. The van der Waals surface area contributed by atoms with Gasteiger partial charge in [0.25, 0.3) is 11.5 Å². The first kappa shape index (κ1) is 21.6. The minimum Gasteiger partial charge on any atom is -0.474 e. The molecule has 5 rings (SSSR count). The van der Waals surface area contributed by atoms with E-state index in [0.29, 0.717) is 18.1 Å². The van der Waals surface area contributed by atoms with E-state index in [4.69, 9.17) is 4.74 Å². The average Bonchev–Trinajstić information content (AvgIpc) is 3.36. The number of alkyl halides is 1. The number of pyridine rings is 1. The van der Waals surface area contributed by atoms with Crippen LogP contribution in [0, 0.1) is 0 Å². The zero-order valence-electron chi connectivity index (χ0n) is 18.6. The molecular weight excluding hydrogens is 427 g/mol. The van der Waals surface area contributed by atoms with E-state index in [2.05, 4.69) is 20.6 Å². The number of nitrogens with one attached hydrogen (secondary N) is 2. The third-order valence-electron chi connectivity index (χ3n) is 6.04. The Morgan fingerprint density at radius 2 is 2.03 bits per heavy atom. The molecule has 1 amide bonds. The Labute approximate surface area is 190 Å². The first-order valence-corrected chi connectivity index (χ1v) is 11.3. The standard InChI is InChI=1S/C23H27FN6O3/c1-13(2)33-21-15(11-29-12-18(27-23(29)28-21)14-5-7-25-8-6-14)20(31)26-17-4-3-9-30(22(17)32)19-10-16(19)24/h3-4,9,11-14,16,19,25H,5-8,10H2,1-2H3,(H,26,31)/t16-,19+/m1/s1. The fourth-order valence-electron chi connectivity index (χ4n) is 4.20. The number of halogens is 1. The largest absolute Gasteiger partial charge is 0.474 e. The molecule has 0 radical (unpaired) electrons. The lowest BCUT2D eigenvalue weighted by molar-refractivity contribution is 0.101. The van der Waals surface area contributed by atoms with Gasteiger partial charge in [0, 0.05) is 30.9 Å². The molecule has 2 atom stereocenters. The molecule has 2 fully saturated rings. The number of anilines is 1. The number of carbonyl (C=O) groups is 1. The molecule has 2 aliphatic rings. The monoisotopic (exact) mass is 454 g/mol. The summed E-state index contributed by atoms with van der Waals surface area (Å²) in [5.41, 5.74) is 0.772. The molecule has 3 aromatic rings. The zero-order chi connectivity index (χ0) is 23.1. The van der Waals surface area contributed by atoms with Gasteiger partial charge in [0.2, 0.25) is 11.7 Å². The van der Waals surface area contributed by atoms with Crippen molar-refractivity contribution in [3.8, 4) is 5.88 Å². The first-order chi connectivity index (χ1) is 15.9. The molecule has 1 aliphatic carbocycles. The fourth-order valence-corrected chi connectivity index (χ4v) is 4.20. The van der Waals surface area contributed by atoms with Crippen LogP contribution < -0.4 is 20.9 Å². The summed E-state index contributed by atoms with van der Waals surface area (Å²) in [5, 5.41) is 6.00. The van der Waals surface area contributed by atoms with Crippen molar-refractivity contribution < 1.29 is 13.9 Å². The Morgan fingerprint density at radius 1 is 1.27 bits per heavy atom. The molecule has 4 heterocycles. The Kier molecular flexibility index (Phi) is 5.61. The summed E-state index contributed by atoms with van der Waals surface area (Å²) in [5.74, 6) is 0.420. The number of fused-ring (bicyclic) bond motifs is 1. The Bertz CT molecular complexity index is 1250. The SMILES string of the molecule is CC(C)Oc1nc2nc(C3CCNCC3)cn2cc1C(=O)Nc1cccn([C@H]2C[C@H]2F)c1=O. The van der Waals surface area contributed by atoms with Crippen molar-refractivity contribution in [2.75, 3.05) is 18.4 Å². The number of nitrogens with zero attached hydrogens (tertiary/aromatic N) is 4. The molecule has 0 bridgehead atoms. The smallest absolute Gasteiger partial charge is 0.274 e. The number of rotatable bonds is 6. The van der Waals surface area contributed by atoms with Gasteiger partial charge in [-0.15, -0.1) is 0 Å². The van der Waals surface area contributed by atoms with E-state index in [1.54, 1.807) is 16.7 Å². The number of hydrogen-bond donors (Lipinski definition) is 2. The lowest BCUT2D eigenvalue weighted by Gasteiger charge is -2.20. The van der Waals surface area contributed by atoms with Crippen LogP contribution in [0.2, 0.25) is 0 Å². The van der Waals surface area contributed by atoms with E-state index >= 15 is 0 Å². The number of piperidine rings is 1. The van der Waals surface area contributed by atoms with Crippen LogP contribution >= 0.6 is 0 Å². The summed E-state index contributed by atoms with van der Waals surface area (Å²) < 4.78 is 22.3. The lowest BCUT2D eigenvalue weighted by Crippen LogP contribution is -2.26. The van der Waals surface area contributed by atoms with Crippen LogP contribution in [0.1, 0.15) is 61.1 Å². The van der Waals surface area contributed by atoms with E-state index in [0.717, 1.165) is 31.6 Å². The van der Waals surface area contributed by atoms with Crippen LogP contribution in [0.4, 0.5) is 10.1 Å². The number of aromatic nitrogens is 4. The molecule has 0 spiro atoms. The van der Waals surface area contributed by atoms with Gasteiger partial charge < -0.3 is 19.9 Å². The highest BCUT2D eigenvalue weighted by Crippen LogP contribution is 2.37. The molecule has 1 saturated carbocycles. The summed E-state index contributed by atoms with van der Waals surface area (Å²) in [6.45, 7) is 5.58. The van der Waals surface area contributed by atoms with Gasteiger partial charge >= 0.3 is 0 Å². The van der Waals surface area contributed by atoms with Crippen LogP contribution in [0.25, 0.3) is 5.78 Å². The van der Waals surface area contributed by atoms with Crippen LogP contribution in [-0.2, 0) is 0 Å². The third-order valence-corrected chi connectivity index (χ3v) is 6.04. The van der Waals surface area contributed by atoms with E-state index in [-0.39, 0.29) is 23.2 Å². The number of hydrogen-bond acceptors (Lipinski definition) is 6. The second-order valence-electron chi connectivity index (χ2n) is 8.93. The minimum atomic E-state index is -1.03. The quantitative estimate of drug-likeness (QED) is 0.594. The minimum absolute atomic E-state index is 0.0817. The van der Waals surface area contributed by atoms with Gasteiger partial charge in [-0.05, 0) is 51.9 Å². The zero-order valence-corrected chi connectivity index (χ0v) is 18.6. The molecule has 1 aliphatic heterocycles. The molecule has 1 saturated heterocycles.